The topological polar surface area (TPSA) is 64.3 Å². The molecule has 19 heavy (non-hydrogen) atoms. The van der Waals surface area contributed by atoms with Crippen molar-refractivity contribution in [1.82, 2.24) is 0 Å². The molecule has 0 aromatic heterocycles. The average molecular weight is 287 g/mol. The molecule has 0 aliphatic carbocycles. The van der Waals surface area contributed by atoms with Gasteiger partial charge in [0.2, 0.25) is 5.91 Å². The third kappa shape index (κ3) is 5.94. The van der Waals surface area contributed by atoms with Crippen LogP contribution in [0.1, 0.15) is 27.2 Å². The maximum Gasteiger partial charge on any atom is 0.228 e. The Morgan fingerprint density at radius 3 is 2.68 bits per heavy atom. The monoisotopic (exact) mass is 286 g/mol. The standard InChI is InChI=1S/C14H22N2O2.ClH/c1-4-8-18-13-7-5-6-12(9-13)16-14(17)10(2)11(3)15;/h5-7,9-11H,4,8,15H2,1-3H3,(H,16,17);1H. The highest BCUT2D eigenvalue weighted by Gasteiger charge is 2.16. The molecule has 4 nitrogen and oxygen atoms in total. The van der Waals surface area contributed by atoms with Crippen LogP contribution in [0.4, 0.5) is 5.69 Å². The zero-order valence-corrected chi connectivity index (χ0v) is 12.5. The maximum atomic E-state index is 11.8. The molecule has 0 saturated carbocycles. The van der Waals surface area contributed by atoms with Crippen LogP contribution in [-0.4, -0.2) is 18.6 Å². The van der Waals surface area contributed by atoms with Crippen molar-refractivity contribution in [3.05, 3.63) is 24.3 Å². The summed E-state index contributed by atoms with van der Waals surface area (Å²) < 4.78 is 5.51. The second-order valence-electron chi connectivity index (χ2n) is 4.51. The molecule has 0 aliphatic heterocycles. The minimum atomic E-state index is -0.217. The number of benzene rings is 1. The Bertz CT molecular complexity index is 397. The van der Waals surface area contributed by atoms with Crippen molar-refractivity contribution in [1.29, 1.82) is 0 Å². The maximum absolute atomic E-state index is 11.8. The Hall–Kier alpha value is -1.26. The number of halogens is 1. The predicted octanol–water partition coefficient (Wildman–Crippen LogP) is 2.82. The third-order valence-corrected chi connectivity index (χ3v) is 2.78. The molecule has 0 bridgehead atoms. The molecule has 0 radical (unpaired) electrons. The van der Waals surface area contributed by atoms with E-state index in [0.717, 1.165) is 17.9 Å². The third-order valence-electron chi connectivity index (χ3n) is 2.78. The molecule has 0 spiro atoms. The fraction of sp³-hybridized carbons (Fsp3) is 0.500. The van der Waals surface area contributed by atoms with E-state index in [2.05, 4.69) is 12.2 Å². The number of hydrogen-bond donors (Lipinski definition) is 2. The Morgan fingerprint density at radius 1 is 1.42 bits per heavy atom. The number of nitrogens with two attached hydrogens (primary N) is 1. The van der Waals surface area contributed by atoms with E-state index in [4.69, 9.17) is 10.5 Å². The summed E-state index contributed by atoms with van der Waals surface area (Å²) in [7, 11) is 0. The molecule has 1 rings (SSSR count). The quantitative estimate of drug-likeness (QED) is 0.845. The van der Waals surface area contributed by atoms with Crippen molar-refractivity contribution in [3.8, 4) is 5.75 Å². The smallest absolute Gasteiger partial charge is 0.228 e. The molecule has 0 aliphatic rings. The minimum absolute atomic E-state index is 0. The molecular weight excluding hydrogens is 264 g/mol. The van der Waals surface area contributed by atoms with Crippen LogP contribution < -0.4 is 15.8 Å². The van der Waals surface area contributed by atoms with E-state index in [0.29, 0.717) is 6.61 Å². The van der Waals surface area contributed by atoms with Crippen molar-refractivity contribution in [3.63, 3.8) is 0 Å². The molecule has 108 valence electrons. The zero-order valence-electron chi connectivity index (χ0n) is 11.7. The summed E-state index contributed by atoms with van der Waals surface area (Å²) in [4.78, 5) is 11.8. The fourth-order valence-corrected chi connectivity index (χ4v) is 1.38. The van der Waals surface area contributed by atoms with Gasteiger partial charge in [0.15, 0.2) is 0 Å². The summed E-state index contributed by atoms with van der Waals surface area (Å²) >= 11 is 0. The molecule has 0 heterocycles. The number of nitrogens with one attached hydrogen (secondary N) is 1. The highest BCUT2D eigenvalue weighted by molar-refractivity contribution is 5.92. The van der Waals surface area contributed by atoms with Crippen molar-refractivity contribution in [2.75, 3.05) is 11.9 Å². The first-order chi connectivity index (χ1) is 8.54. The van der Waals surface area contributed by atoms with Crippen molar-refractivity contribution in [2.24, 2.45) is 11.7 Å². The van der Waals surface area contributed by atoms with Crippen molar-refractivity contribution >= 4 is 24.0 Å². The van der Waals surface area contributed by atoms with Gasteiger partial charge in [-0.2, -0.15) is 0 Å². The van der Waals surface area contributed by atoms with Gasteiger partial charge in [-0.15, -0.1) is 12.4 Å². The first kappa shape index (κ1) is 17.7. The first-order valence-corrected chi connectivity index (χ1v) is 6.34. The molecule has 0 saturated heterocycles. The van der Waals surface area contributed by atoms with Gasteiger partial charge in [-0.05, 0) is 25.5 Å². The van der Waals surface area contributed by atoms with E-state index in [-0.39, 0.29) is 30.3 Å². The SMILES string of the molecule is CCCOc1cccc(NC(=O)C(C)C(C)N)c1.Cl. The number of amides is 1. The second kappa shape index (κ2) is 8.77. The lowest BCUT2D eigenvalue weighted by molar-refractivity contribution is -0.119. The number of carbonyl (C=O) groups is 1. The van der Waals surface area contributed by atoms with Gasteiger partial charge in [0, 0.05) is 17.8 Å². The average Bonchev–Trinajstić information content (AvgIpc) is 2.35. The molecule has 2 unspecified atom stereocenters. The molecule has 2 atom stereocenters. The molecule has 1 amide bonds. The summed E-state index contributed by atoms with van der Waals surface area (Å²) in [6, 6.07) is 7.23. The highest BCUT2D eigenvalue weighted by atomic mass is 35.5. The van der Waals surface area contributed by atoms with Crippen LogP contribution in [0, 0.1) is 5.92 Å². The fourth-order valence-electron chi connectivity index (χ4n) is 1.38. The molecule has 1 aromatic carbocycles. The van der Waals surface area contributed by atoms with Crippen LogP contribution in [0.5, 0.6) is 5.75 Å². The van der Waals surface area contributed by atoms with Crippen LogP contribution >= 0.6 is 12.4 Å². The Kier molecular flexibility index (Phi) is 8.19. The van der Waals surface area contributed by atoms with Crippen LogP contribution in [0.15, 0.2) is 24.3 Å². The lowest BCUT2D eigenvalue weighted by atomic mass is 10.0. The summed E-state index contributed by atoms with van der Waals surface area (Å²) in [6.45, 7) is 6.37. The summed E-state index contributed by atoms with van der Waals surface area (Å²) in [5.74, 6) is 0.478. The molecule has 5 heteroatoms. The van der Waals surface area contributed by atoms with E-state index in [1.165, 1.54) is 0 Å². The second-order valence-corrected chi connectivity index (χ2v) is 4.51. The van der Waals surface area contributed by atoms with Crippen molar-refractivity contribution in [2.45, 2.75) is 33.2 Å². The van der Waals surface area contributed by atoms with Crippen LogP contribution in [0.2, 0.25) is 0 Å². The van der Waals surface area contributed by atoms with Gasteiger partial charge in [-0.3, -0.25) is 4.79 Å². The molecular formula is C14H23ClN2O2. The van der Waals surface area contributed by atoms with Gasteiger partial charge in [-0.25, -0.2) is 0 Å². The predicted molar refractivity (Wildman–Crippen MR) is 80.9 cm³/mol. The number of rotatable bonds is 6. The van der Waals surface area contributed by atoms with Gasteiger partial charge in [0.1, 0.15) is 5.75 Å². The van der Waals surface area contributed by atoms with E-state index in [1.54, 1.807) is 0 Å². The van der Waals surface area contributed by atoms with Crippen LogP contribution in [0.3, 0.4) is 0 Å². The van der Waals surface area contributed by atoms with Gasteiger partial charge >= 0.3 is 0 Å². The Balaban J connectivity index is 0.00000324. The zero-order chi connectivity index (χ0) is 13.5. The lowest BCUT2D eigenvalue weighted by Crippen LogP contribution is -2.34. The first-order valence-electron chi connectivity index (χ1n) is 6.34. The normalized spacial score (nSPS) is 13.1. The van der Waals surface area contributed by atoms with Crippen molar-refractivity contribution < 1.29 is 9.53 Å². The highest BCUT2D eigenvalue weighted by Crippen LogP contribution is 2.18. The van der Waals surface area contributed by atoms with Gasteiger partial charge in [-0.1, -0.05) is 19.9 Å². The molecule has 1 aromatic rings. The molecule has 3 N–H and O–H groups in total. The summed E-state index contributed by atoms with van der Waals surface area (Å²) in [6.07, 6.45) is 0.957. The van der Waals surface area contributed by atoms with E-state index >= 15 is 0 Å². The van der Waals surface area contributed by atoms with E-state index in [1.807, 2.05) is 38.1 Å². The van der Waals surface area contributed by atoms with Gasteiger partial charge < -0.3 is 15.8 Å². The van der Waals surface area contributed by atoms with E-state index < -0.39 is 0 Å². The van der Waals surface area contributed by atoms with Crippen LogP contribution in [0.25, 0.3) is 0 Å². The summed E-state index contributed by atoms with van der Waals surface area (Å²) in [5.41, 5.74) is 6.44. The Labute approximate surface area is 121 Å². The lowest BCUT2D eigenvalue weighted by Gasteiger charge is -2.15. The number of ether oxygens (including phenoxy) is 1. The number of anilines is 1. The molecule has 0 fully saturated rings. The summed E-state index contributed by atoms with van der Waals surface area (Å²) in [5, 5.41) is 2.84. The number of hydrogen-bond acceptors (Lipinski definition) is 3. The Morgan fingerprint density at radius 2 is 2.11 bits per heavy atom. The minimum Gasteiger partial charge on any atom is -0.494 e. The van der Waals surface area contributed by atoms with Gasteiger partial charge in [0.05, 0.1) is 12.5 Å². The largest absolute Gasteiger partial charge is 0.494 e. The van der Waals surface area contributed by atoms with Crippen LogP contribution in [-0.2, 0) is 4.79 Å². The van der Waals surface area contributed by atoms with E-state index in [9.17, 15) is 4.79 Å². The number of carbonyl (C=O) groups excluding carboxylic acids is 1. The van der Waals surface area contributed by atoms with Gasteiger partial charge in [0.25, 0.3) is 0 Å².